The molecule has 0 unspecified atom stereocenters. The van der Waals surface area contributed by atoms with Crippen LogP contribution in [0, 0.1) is 0 Å². The fourth-order valence-corrected chi connectivity index (χ4v) is 4.77. The summed E-state index contributed by atoms with van der Waals surface area (Å²) in [5, 5.41) is 9.79. The van der Waals surface area contributed by atoms with Crippen molar-refractivity contribution in [3.63, 3.8) is 0 Å². The first-order chi connectivity index (χ1) is 12.4. The number of hydrogen-bond acceptors (Lipinski definition) is 6. The summed E-state index contributed by atoms with van der Waals surface area (Å²) in [6.45, 7) is 4.19. The molecule has 1 fully saturated rings. The van der Waals surface area contributed by atoms with Gasteiger partial charge in [-0.15, -0.1) is 21.5 Å². The van der Waals surface area contributed by atoms with Crippen LogP contribution in [0.25, 0.3) is 11.5 Å². The molecule has 1 saturated carbocycles. The van der Waals surface area contributed by atoms with Crippen LogP contribution in [0.5, 0.6) is 0 Å². The Kier molecular flexibility index (Phi) is 4.32. The van der Waals surface area contributed by atoms with Crippen molar-refractivity contribution in [1.82, 2.24) is 10.2 Å². The number of sulfonamides is 1. The Morgan fingerprint density at radius 1 is 1.19 bits per heavy atom. The van der Waals surface area contributed by atoms with Gasteiger partial charge in [0.2, 0.25) is 11.8 Å². The molecule has 0 aliphatic heterocycles. The number of hydrogen-bond donors (Lipinski definition) is 1. The molecule has 6 nitrogen and oxygen atoms in total. The van der Waals surface area contributed by atoms with Crippen LogP contribution >= 0.6 is 11.3 Å². The van der Waals surface area contributed by atoms with Gasteiger partial charge in [-0.25, -0.2) is 8.42 Å². The van der Waals surface area contributed by atoms with E-state index in [9.17, 15) is 8.42 Å². The van der Waals surface area contributed by atoms with E-state index in [4.69, 9.17) is 4.42 Å². The summed E-state index contributed by atoms with van der Waals surface area (Å²) >= 11 is 1.13. The van der Waals surface area contributed by atoms with Crippen molar-refractivity contribution in [2.75, 3.05) is 4.72 Å². The van der Waals surface area contributed by atoms with Crippen molar-refractivity contribution in [3.05, 3.63) is 47.2 Å². The predicted octanol–water partition coefficient (Wildman–Crippen LogP) is 4.60. The molecule has 8 heteroatoms. The molecule has 4 rings (SSSR count). The SMILES string of the molecule is CC(C)c1ccc(NS(=O)(=O)c2cc(-c3nnc(C4CC4)o3)cs2)cc1. The Balaban J connectivity index is 1.53. The first kappa shape index (κ1) is 17.2. The monoisotopic (exact) mass is 389 g/mol. The molecule has 0 saturated heterocycles. The molecule has 0 atom stereocenters. The van der Waals surface area contributed by atoms with Crippen LogP contribution in [0.15, 0.2) is 44.3 Å². The van der Waals surface area contributed by atoms with Gasteiger partial charge in [0.05, 0.1) is 5.56 Å². The summed E-state index contributed by atoms with van der Waals surface area (Å²) in [5.74, 6) is 1.77. The molecular formula is C18H19N3O3S2. The van der Waals surface area contributed by atoms with Crippen LogP contribution in [0.1, 0.15) is 50.0 Å². The summed E-state index contributed by atoms with van der Waals surface area (Å²) < 4.78 is 33.7. The minimum atomic E-state index is -3.65. The lowest BCUT2D eigenvalue weighted by molar-refractivity contribution is 0.508. The van der Waals surface area contributed by atoms with Crippen LogP contribution in [0.4, 0.5) is 5.69 Å². The summed E-state index contributed by atoms with van der Waals surface area (Å²) in [7, 11) is -3.65. The number of nitrogens with one attached hydrogen (secondary N) is 1. The van der Waals surface area contributed by atoms with Gasteiger partial charge in [-0.1, -0.05) is 26.0 Å². The van der Waals surface area contributed by atoms with E-state index in [0.29, 0.717) is 34.9 Å². The molecule has 3 aromatic rings. The van der Waals surface area contributed by atoms with Crippen LogP contribution in [-0.2, 0) is 10.0 Å². The van der Waals surface area contributed by atoms with Gasteiger partial charge < -0.3 is 4.42 Å². The molecule has 1 aliphatic carbocycles. The molecule has 1 aliphatic rings. The Morgan fingerprint density at radius 2 is 1.92 bits per heavy atom. The highest BCUT2D eigenvalue weighted by Gasteiger charge is 2.30. The number of rotatable bonds is 6. The van der Waals surface area contributed by atoms with E-state index in [1.54, 1.807) is 23.6 Å². The summed E-state index contributed by atoms with van der Waals surface area (Å²) in [6.07, 6.45) is 2.15. The second kappa shape index (κ2) is 6.51. The van der Waals surface area contributed by atoms with E-state index in [2.05, 4.69) is 28.8 Å². The zero-order valence-corrected chi connectivity index (χ0v) is 16.1. The first-order valence-corrected chi connectivity index (χ1v) is 10.8. The average molecular weight is 390 g/mol. The Bertz CT molecular complexity index is 1020. The van der Waals surface area contributed by atoms with Gasteiger partial charge in [0.25, 0.3) is 10.0 Å². The van der Waals surface area contributed by atoms with Gasteiger partial charge >= 0.3 is 0 Å². The number of anilines is 1. The number of aromatic nitrogens is 2. The normalized spacial score (nSPS) is 14.7. The molecule has 136 valence electrons. The highest BCUT2D eigenvalue weighted by atomic mass is 32.2. The quantitative estimate of drug-likeness (QED) is 0.666. The van der Waals surface area contributed by atoms with E-state index in [0.717, 1.165) is 29.7 Å². The molecule has 2 heterocycles. The van der Waals surface area contributed by atoms with Gasteiger partial charge in [0, 0.05) is 17.0 Å². The highest BCUT2D eigenvalue weighted by molar-refractivity contribution is 7.94. The third-order valence-electron chi connectivity index (χ3n) is 4.28. The van der Waals surface area contributed by atoms with Crippen molar-refractivity contribution < 1.29 is 12.8 Å². The van der Waals surface area contributed by atoms with E-state index >= 15 is 0 Å². The van der Waals surface area contributed by atoms with E-state index in [1.807, 2.05) is 12.1 Å². The predicted molar refractivity (Wildman–Crippen MR) is 101 cm³/mol. The van der Waals surface area contributed by atoms with Gasteiger partial charge in [-0.05, 0) is 42.5 Å². The average Bonchev–Trinajstić information content (AvgIpc) is 3.12. The second-order valence-electron chi connectivity index (χ2n) is 6.76. The maximum absolute atomic E-state index is 12.6. The van der Waals surface area contributed by atoms with Crippen LogP contribution in [0.3, 0.4) is 0 Å². The smallest absolute Gasteiger partial charge is 0.271 e. The van der Waals surface area contributed by atoms with Crippen molar-refractivity contribution >= 4 is 27.0 Å². The fraction of sp³-hybridized carbons (Fsp3) is 0.333. The van der Waals surface area contributed by atoms with Crippen LogP contribution < -0.4 is 4.72 Å². The summed E-state index contributed by atoms with van der Waals surface area (Å²) in [6, 6.07) is 8.99. The van der Waals surface area contributed by atoms with E-state index < -0.39 is 10.0 Å². The van der Waals surface area contributed by atoms with Crippen LogP contribution in [-0.4, -0.2) is 18.6 Å². The minimum Gasteiger partial charge on any atom is -0.420 e. The lowest BCUT2D eigenvalue weighted by Gasteiger charge is -2.09. The van der Waals surface area contributed by atoms with Gasteiger partial charge in [0.1, 0.15) is 4.21 Å². The van der Waals surface area contributed by atoms with Crippen molar-refractivity contribution in [3.8, 4) is 11.5 Å². The lowest BCUT2D eigenvalue weighted by atomic mass is 10.0. The molecule has 26 heavy (non-hydrogen) atoms. The molecule has 2 aromatic heterocycles. The van der Waals surface area contributed by atoms with Gasteiger partial charge in [-0.2, -0.15) is 0 Å². The second-order valence-corrected chi connectivity index (χ2v) is 9.58. The first-order valence-electron chi connectivity index (χ1n) is 8.47. The maximum Gasteiger partial charge on any atom is 0.271 e. The fourth-order valence-electron chi connectivity index (χ4n) is 2.56. The zero-order chi connectivity index (χ0) is 18.3. The molecular weight excluding hydrogens is 370 g/mol. The van der Waals surface area contributed by atoms with Crippen molar-refractivity contribution in [1.29, 1.82) is 0 Å². The topological polar surface area (TPSA) is 85.1 Å². The Morgan fingerprint density at radius 3 is 2.58 bits per heavy atom. The Labute approximate surface area is 156 Å². The summed E-state index contributed by atoms with van der Waals surface area (Å²) in [4.78, 5) is 0. The lowest BCUT2D eigenvalue weighted by Crippen LogP contribution is -2.11. The third-order valence-corrected chi connectivity index (χ3v) is 7.10. The number of benzene rings is 1. The van der Waals surface area contributed by atoms with E-state index in [1.165, 1.54) is 0 Å². The minimum absolute atomic E-state index is 0.214. The standard InChI is InChI=1S/C18H19N3O3S2/c1-11(2)12-5-7-15(8-6-12)21-26(22,23)16-9-14(10-25-16)18-20-19-17(24-18)13-3-4-13/h5-11,13,21H,3-4H2,1-2H3. The number of nitrogens with zero attached hydrogens (tertiary/aromatic N) is 2. The molecule has 0 bridgehead atoms. The third kappa shape index (κ3) is 3.52. The highest BCUT2D eigenvalue weighted by Crippen LogP contribution is 2.40. The Hall–Kier alpha value is -2.19. The maximum atomic E-state index is 12.6. The van der Waals surface area contributed by atoms with Crippen LogP contribution in [0.2, 0.25) is 0 Å². The van der Waals surface area contributed by atoms with E-state index in [-0.39, 0.29) is 4.21 Å². The summed E-state index contributed by atoms with van der Waals surface area (Å²) in [5.41, 5.74) is 2.33. The van der Waals surface area contributed by atoms with Crippen molar-refractivity contribution in [2.45, 2.75) is 42.7 Å². The number of thiophene rings is 1. The molecule has 1 N–H and O–H groups in total. The zero-order valence-electron chi connectivity index (χ0n) is 14.5. The van der Waals surface area contributed by atoms with Crippen molar-refractivity contribution in [2.24, 2.45) is 0 Å². The molecule has 0 spiro atoms. The molecule has 0 radical (unpaired) electrons. The largest absolute Gasteiger partial charge is 0.420 e. The van der Waals surface area contributed by atoms with Gasteiger partial charge in [-0.3, -0.25) is 4.72 Å². The molecule has 0 amide bonds. The molecule has 1 aromatic carbocycles. The van der Waals surface area contributed by atoms with Gasteiger partial charge in [0.15, 0.2) is 0 Å².